The molecular weight excluding hydrogens is 464 g/mol. The molecule has 0 aliphatic carbocycles. The van der Waals surface area contributed by atoms with Crippen molar-refractivity contribution < 1.29 is 39.8 Å². The maximum absolute atomic E-state index is 11.2. The van der Waals surface area contributed by atoms with E-state index in [9.17, 15) is 25.2 Å². The first-order valence-electron chi connectivity index (χ1n) is 11.8. The van der Waals surface area contributed by atoms with Crippen molar-refractivity contribution >= 4 is 27.5 Å². The molecule has 8 heteroatoms. The third kappa shape index (κ3) is 4.62. The Hall–Kier alpha value is -4.33. The van der Waals surface area contributed by atoms with Gasteiger partial charge in [0.1, 0.15) is 18.1 Å². The number of carboxylic acids is 1. The fraction of sp³-hybridized carbons (Fsp3) is 0.250. The largest absolute Gasteiger partial charge is 0.506 e. The van der Waals surface area contributed by atoms with Crippen molar-refractivity contribution in [2.24, 2.45) is 0 Å². The van der Waals surface area contributed by atoms with Crippen molar-refractivity contribution in [3.63, 3.8) is 0 Å². The summed E-state index contributed by atoms with van der Waals surface area (Å²) in [6, 6.07) is 12.6. The van der Waals surface area contributed by atoms with Gasteiger partial charge in [-0.25, -0.2) is 4.79 Å². The standard InChI is InChI=1S/C28H28O8/c1-2-3-4-7-14-35-26-20-21(23(30)19-9-6-5-8-18(19)22(20)29)27(25(32)24(26)31)36-15-16-10-12-17(13-11-16)28(33)34/h5-6,8-13,29-32H,2-4,7,14-15H2,1H3,(H,33,34). The van der Waals surface area contributed by atoms with Crippen molar-refractivity contribution in [3.05, 3.63) is 59.7 Å². The number of hydrogen-bond donors (Lipinski definition) is 5. The maximum Gasteiger partial charge on any atom is 0.335 e. The van der Waals surface area contributed by atoms with Gasteiger partial charge in [-0.3, -0.25) is 0 Å². The minimum atomic E-state index is -1.06. The summed E-state index contributed by atoms with van der Waals surface area (Å²) < 4.78 is 11.7. The smallest absolute Gasteiger partial charge is 0.335 e. The van der Waals surface area contributed by atoms with Crippen LogP contribution in [-0.4, -0.2) is 38.1 Å². The highest BCUT2D eigenvalue weighted by Gasteiger charge is 2.28. The zero-order valence-electron chi connectivity index (χ0n) is 19.8. The molecule has 4 aromatic rings. The summed E-state index contributed by atoms with van der Waals surface area (Å²) in [6.07, 6.45) is 3.70. The summed E-state index contributed by atoms with van der Waals surface area (Å²) >= 11 is 0. The minimum Gasteiger partial charge on any atom is -0.506 e. The highest BCUT2D eigenvalue weighted by atomic mass is 16.5. The van der Waals surface area contributed by atoms with Gasteiger partial charge in [0.15, 0.2) is 11.5 Å². The molecule has 0 unspecified atom stereocenters. The lowest BCUT2D eigenvalue weighted by molar-refractivity contribution is 0.0696. The van der Waals surface area contributed by atoms with Crippen LogP contribution in [0.3, 0.4) is 0 Å². The molecule has 8 nitrogen and oxygen atoms in total. The average Bonchev–Trinajstić information content (AvgIpc) is 2.89. The van der Waals surface area contributed by atoms with Crippen LogP contribution in [-0.2, 0) is 6.61 Å². The third-order valence-corrected chi connectivity index (χ3v) is 6.10. The van der Waals surface area contributed by atoms with Crippen molar-refractivity contribution in [1.29, 1.82) is 0 Å². The molecule has 36 heavy (non-hydrogen) atoms. The Labute approximate surface area is 207 Å². The van der Waals surface area contributed by atoms with Crippen LogP contribution in [0.4, 0.5) is 0 Å². The summed E-state index contributed by atoms with van der Waals surface area (Å²) in [5.74, 6) is -3.17. The van der Waals surface area contributed by atoms with E-state index in [1.807, 2.05) is 0 Å². The Kier molecular flexibility index (Phi) is 7.24. The molecule has 0 amide bonds. The Morgan fingerprint density at radius 2 is 1.28 bits per heavy atom. The molecule has 0 bridgehead atoms. The molecular formula is C28H28O8. The molecule has 188 valence electrons. The zero-order chi connectivity index (χ0) is 25.8. The fourth-order valence-electron chi connectivity index (χ4n) is 4.18. The van der Waals surface area contributed by atoms with E-state index in [0.717, 1.165) is 19.3 Å². The second kappa shape index (κ2) is 10.5. The zero-order valence-corrected chi connectivity index (χ0v) is 19.8. The third-order valence-electron chi connectivity index (χ3n) is 6.10. The summed E-state index contributed by atoms with van der Waals surface area (Å²) in [5.41, 5.74) is 0.701. The number of carbonyl (C=O) groups is 1. The van der Waals surface area contributed by atoms with Gasteiger partial charge in [0.25, 0.3) is 0 Å². The van der Waals surface area contributed by atoms with Gasteiger partial charge in [-0.05, 0) is 24.1 Å². The molecule has 0 aliphatic heterocycles. The monoisotopic (exact) mass is 492 g/mol. The van der Waals surface area contributed by atoms with Crippen molar-refractivity contribution in [1.82, 2.24) is 0 Å². The number of fused-ring (bicyclic) bond motifs is 2. The van der Waals surface area contributed by atoms with Gasteiger partial charge in [-0.1, -0.05) is 62.6 Å². The van der Waals surface area contributed by atoms with Crippen LogP contribution in [0.1, 0.15) is 48.5 Å². The number of phenolic OH excluding ortho intramolecular Hbond substituents is 4. The van der Waals surface area contributed by atoms with E-state index in [2.05, 4.69) is 6.92 Å². The molecule has 4 aromatic carbocycles. The molecule has 4 rings (SSSR count). The molecule has 0 fully saturated rings. The second-order valence-corrected chi connectivity index (χ2v) is 8.55. The quantitative estimate of drug-likeness (QED) is 0.0781. The fourth-order valence-corrected chi connectivity index (χ4v) is 4.18. The normalized spacial score (nSPS) is 11.1. The van der Waals surface area contributed by atoms with Gasteiger partial charge in [0.2, 0.25) is 11.5 Å². The molecule has 0 aliphatic rings. The van der Waals surface area contributed by atoms with Crippen LogP contribution in [0.2, 0.25) is 0 Å². The lowest BCUT2D eigenvalue weighted by atomic mass is 9.98. The maximum atomic E-state index is 11.2. The second-order valence-electron chi connectivity index (χ2n) is 8.55. The van der Waals surface area contributed by atoms with Crippen LogP contribution in [0.5, 0.6) is 34.5 Å². The highest BCUT2D eigenvalue weighted by Crippen LogP contribution is 2.57. The van der Waals surface area contributed by atoms with Gasteiger partial charge in [-0.2, -0.15) is 0 Å². The number of unbranched alkanes of at least 4 members (excludes halogenated alkanes) is 3. The molecule has 0 saturated carbocycles. The number of phenols is 4. The van der Waals surface area contributed by atoms with Crippen LogP contribution < -0.4 is 9.47 Å². The van der Waals surface area contributed by atoms with Gasteiger partial charge in [-0.15, -0.1) is 0 Å². The molecule has 0 saturated heterocycles. The van der Waals surface area contributed by atoms with E-state index in [-0.39, 0.29) is 52.5 Å². The van der Waals surface area contributed by atoms with Gasteiger partial charge < -0.3 is 35.0 Å². The van der Waals surface area contributed by atoms with Gasteiger partial charge in [0.05, 0.1) is 22.9 Å². The lowest BCUT2D eigenvalue weighted by Gasteiger charge is -2.20. The molecule has 0 aromatic heterocycles. The lowest BCUT2D eigenvalue weighted by Crippen LogP contribution is -2.02. The Morgan fingerprint density at radius 1 is 0.722 bits per heavy atom. The van der Waals surface area contributed by atoms with E-state index < -0.39 is 17.5 Å². The average molecular weight is 493 g/mol. The van der Waals surface area contributed by atoms with Gasteiger partial charge >= 0.3 is 5.97 Å². The molecule has 0 spiro atoms. The SMILES string of the molecule is CCCCCCOc1c(O)c(O)c(OCc2ccc(C(=O)O)cc2)c2c(O)c3ccccc3c(O)c12. The van der Waals surface area contributed by atoms with Gasteiger partial charge in [0, 0.05) is 10.8 Å². The number of rotatable bonds is 10. The van der Waals surface area contributed by atoms with Crippen LogP contribution in [0, 0.1) is 0 Å². The Bertz CT molecular complexity index is 1410. The van der Waals surface area contributed by atoms with E-state index in [4.69, 9.17) is 14.6 Å². The van der Waals surface area contributed by atoms with Crippen LogP contribution in [0.15, 0.2) is 48.5 Å². The highest BCUT2D eigenvalue weighted by molar-refractivity contribution is 6.16. The Morgan fingerprint density at radius 3 is 1.81 bits per heavy atom. The number of ether oxygens (including phenoxy) is 2. The van der Waals surface area contributed by atoms with Crippen molar-refractivity contribution in [2.45, 2.75) is 39.2 Å². The van der Waals surface area contributed by atoms with Crippen molar-refractivity contribution in [2.75, 3.05) is 6.61 Å². The molecule has 0 heterocycles. The van der Waals surface area contributed by atoms with E-state index >= 15 is 0 Å². The number of carboxylic acid groups (broad SMARTS) is 1. The first-order chi connectivity index (χ1) is 17.3. The Balaban J connectivity index is 1.83. The predicted octanol–water partition coefficient (Wildman–Crippen LogP) is 6.05. The van der Waals surface area contributed by atoms with Crippen LogP contribution in [0.25, 0.3) is 21.5 Å². The summed E-state index contributed by atoms with van der Waals surface area (Å²) in [4.78, 5) is 11.1. The van der Waals surface area contributed by atoms with Crippen LogP contribution >= 0.6 is 0 Å². The molecule has 0 atom stereocenters. The first-order valence-corrected chi connectivity index (χ1v) is 11.8. The number of benzene rings is 4. The van der Waals surface area contributed by atoms with E-state index in [0.29, 0.717) is 22.8 Å². The summed E-state index contributed by atoms with van der Waals surface area (Å²) in [6.45, 7) is 2.22. The molecule has 0 radical (unpaired) electrons. The predicted molar refractivity (Wildman–Crippen MR) is 135 cm³/mol. The van der Waals surface area contributed by atoms with E-state index in [1.165, 1.54) is 12.1 Å². The van der Waals surface area contributed by atoms with E-state index in [1.54, 1.807) is 36.4 Å². The number of aromatic hydroxyl groups is 4. The minimum absolute atomic E-state index is 0.00721. The summed E-state index contributed by atoms with van der Waals surface area (Å²) in [5, 5.41) is 53.9. The first kappa shape index (κ1) is 24.8. The summed E-state index contributed by atoms with van der Waals surface area (Å²) in [7, 11) is 0. The number of hydrogen-bond acceptors (Lipinski definition) is 7. The number of aromatic carboxylic acids is 1. The topological polar surface area (TPSA) is 137 Å². The van der Waals surface area contributed by atoms with Crippen molar-refractivity contribution in [3.8, 4) is 34.5 Å². The molecule has 5 N–H and O–H groups in total.